The molecule has 0 atom stereocenters. The summed E-state index contributed by atoms with van der Waals surface area (Å²) in [5.41, 5.74) is 3.17. The number of benzene rings is 2. The number of carbonyl (C=O) groups excluding carboxylic acids is 1. The normalized spacial score (nSPS) is 15.4. The number of carbonyl (C=O) groups is 1. The minimum Gasteiger partial charge on any atom is -0.497 e. The Kier molecular flexibility index (Phi) is 7.06. The number of likely N-dealkylation sites (N-methyl/N-ethyl adjacent to an activating group) is 2. The molecule has 0 saturated carbocycles. The summed E-state index contributed by atoms with van der Waals surface area (Å²) in [6.45, 7) is 5.96. The van der Waals surface area contributed by atoms with E-state index in [4.69, 9.17) is 4.74 Å². The highest BCUT2D eigenvalue weighted by Crippen LogP contribution is 2.14. The lowest BCUT2D eigenvalue weighted by atomic mass is 10.1. The predicted octanol–water partition coefficient (Wildman–Crippen LogP) is 2.76. The molecule has 3 rings (SSSR count). The average Bonchev–Trinajstić information content (AvgIpc) is 2.73. The van der Waals surface area contributed by atoms with E-state index in [1.807, 2.05) is 49.5 Å². The summed E-state index contributed by atoms with van der Waals surface area (Å²) in [5.74, 6) is 0.930. The maximum absolute atomic E-state index is 12.8. The van der Waals surface area contributed by atoms with Gasteiger partial charge in [0.1, 0.15) is 5.75 Å². The predicted molar refractivity (Wildman–Crippen MR) is 113 cm³/mol. The van der Waals surface area contributed by atoms with Crippen LogP contribution < -0.4 is 4.74 Å². The summed E-state index contributed by atoms with van der Waals surface area (Å²) < 4.78 is 5.19. The van der Waals surface area contributed by atoms with Gasteiger partial charge in [-0.05, 0) is 48.9 Å². The van der Waals surface area contributed by atoms with Crippen LogP contribution in [0.4, 0.5) is 0 Å². The van der Waals surface area contributed by atoms with E-state index in [-0.39, 0.29) is 5.91 Å². The monoisotopic (exact) mass is 381 g/mol. The zero-order chi connectivity index (χ0) is 19.9. The fourth-order valence-electron chi connectivity index (χ4n) is 3.48. The number of rotatable bonds is 7. The zero-order valence-corrected chi connectivity index (χ0v) is 17.2. The zero-order valence-electron chi connectivity index (χ0n) is 17.2. The third-order valence-electron chi connectivity index (χ3n) is 5.42. The molecule has 0 spiro atoms. The Balaban J connectivity index is 1.55. The molecule has 0 radical (unpaired) electrons. The first-order valence-electron chi connectivity index (χ1n) is 9.93. The van der Waals surface area contributed by atoms with Crippen molar-refractivity contribution in [3.63, 3.8) is 0 Å². The maximum atomic E-state index is 12.8. The van der Waals surface area contributed by atoms with Gasteiger partial charge >= 0.3 is 0 Å². The Morgan fingerprint density at radius 1 is 1.04 bits per heavy atom. The second kappa shape index (κ2) is 9.71. The molecule has 1 aliphatic heterocycles. The van der Waals surface area contributed by atoms with Gasteiger partial charge in [-0.3, -0.25) is 9.69 Å². The number of amides is 1. The van der Waals surface area contributed by atoms with Crippen molar-refractivity contribution in [1.29, 1.82) is 0 Å². The molecule has 5 nitrogen and oxygen atoms in total. The number of methoxy groups -OCH3 is 1. The van der Waals surface area contributed by atoms with Gasteiger partial charge in [-0.25, -0.2) is 0 Å². The quantitative estimate of drug-likeness (QED) is 0.739. The first-order chi connectivity index (χ1) is 13.5. The van der Waals surface area contributed by atoms with Crippen LogP contribution in [0.3, 0.4) is 0 Å². The largest absolute Gasteiger partial charge is 0.497 e. The highest BCUT2D eigenvalue weighted by molar-refractivity contribution is 5.94. The number of piperazine rings is 1. The Labute approximate surface area is 168 Å². The molecular weight excluding hydrogens is 350 g/mol. The fraction of sp³-hybridized carbons (Fsp3) is 0.435. The van der Waals surface area contributed by atoms with E-state index in [1.165, 1.54) is 11.1 Å². The molecule has 0 bridgehead atoms. The molecule has 150 valence electrons. The van der Waals surface area contributed by atoms with Gasteiger partial charge in [-0.2, -0.15) is 0 Å². The SMILES string of the molecule is COc1ccc(CCN(C)C(=O)c2cccc(CN3CCN(C)CC3)c2)cc1. The minimum atomic E-state index is 0.0775. The number of ether oxygens (including phenoxy) is 1. The molecule has 2 aromatic carbocycles. The average molecular weight is 382 g/mol. The van der Waals surface area contributed by atoms with Crippen molar-refractivity contribution in [2.24, 2.45) is 0 Å². The van der Waals surface area contributed by atoms with Crippen LogP contribution in [0.15, 0.2) is 48.5 Å². The van der Waals surface area contributed by atoms with Gasteiger partial charge in [0.05, 0.1) is 7.11 Å². The van der Waals surface area contributed by atoms with Crippen molar-refractivity contribution in [2.45, 2.75) is 13.0 Å². The van der Waals surface area contributed by atoms with Gasteiger partial charge in [0.2, 0.25) is 0 Å². The summed E-state index contributed by atoms with van der Waals surface area (Å²) in [7, 11) is 5.71. The first-order valence-corrected chi connectivity index (χ1v) is 9.93. The van der Waals surface area contributed by atoms with E-state index in [1.54, 1.807) is 12.0 Å². The molecule has 0 N–H and O–H groups in total. The van der Waals surface area contributed by atoms with Gasteiger partial charge in [-0.1, -0.05) is 24.3 Å². The Hall–Kier alpha value is -2.37. The summed E-state index contributed by atoms with van der Waals surface area (Å²) >= 11 is 0. The van der Waals surface area contributed by atoms with Crippen LogP contribution >= 0.6 is 0 Å². The molecule has 1 fully saturated rings. The van der Waals surface area contributed by atoms with Crippen molar-refractivity contribution < 1.29 is 9.53 Å². The van der Waals surface area contributed by atoms with Crippen LogP contribution in [-0.4, -0.2) is 74.5 Å². The summed E-state index contributed by atoms with van der Waals surface area (Å²) in [5, 5.41) is 0. The molecule has 2 aromatic rings. The second-order valence-electron chi connectivity index (χ2n) is 7.60. The molecule has 28 heavy (non-hydrogen) atoms. The molecule has 1 amide bonds. The van der Waals surface area contributed by atoms with Crippen LogP contribution in [-0.2, 0) is 13.0 Å². The van der Waals surface area contributed by atoms with E-state index < -0.39 is 0 Å². The van der Waals surface area contributed by atoms with Gasteiger partial charge in [0.15, 0.2) is 0 Å². The summed E-state index contributed by atoms with van der Waals surface area (Å²) in [4.78, 5) is 19.5. The van der Waals surface area contributed by atoms with E-state index >= 15 is 0 Å². The lowest BCUT2D eigenvalue weighted by Gasteiger charge is -2.32. The second-order valence-corrected chi connectivity index (χ2v) is 7.60. The minimum absolute atomic E-state index is 0.0775. The molecule has 0 aliphatic carbocycles. The highest BCUT2D eigenvalue weighted by Gasteiger charge is 2.16. The van der Waals surface area contributed by atoms with E-state index in [0.717, 1.165) is 50.5 Å². The Morgan fingerprint density at radius 2 is 1.75 bits per heavy atom. The molecular formula is C23H31N3O2. The molecule has 1 aliphatic rings. The summed E-state index contributed by atoms with van der Waals surface area (Å²) in [6, 6.07) is 16.1. The fourth-order valence-corrected chi connectivity index (χ4v) is 3.48. The number of hydrogen-bond acceptors (Lipinski definition) is 4. The Morgan fingerprint density at radius 3 is 2.43 bits per heavy atom. The molecule has 1 heterocycles. The van der Waals surface area contributed by atoms with Gasteiger partial charge in [-0.15, -0.1) is 0 Å². The third kappa shape index (κ3) is 5.57. The first kappa shape index (κ1) is 20.4. The Bertz CT molecular complexity index is 768. The van der Waals surface area contributed by atoms with Crippen molar-refractivity contribution in [3.05, 3.63) is 65.2 Å². The molecule has 0 unspecified atom stereocenters. The van der Waals surface area contributed by atoms with E-state index in [0.29, 0.717) is 6.54 Å². The third-order valence-corrected chi connectivity index (χ3v) is 5.42. The number of hydrogen-bond donors (Lipinski definition) is 0. The standard InChI is InChI=1S/C23H31N3O2/c1-24-13-15-26(16-14-24)18-20-5-4-6-21(17-20)23(27)25(2)12-11-19-7-9-22(28-3)10-8-19/h4-10,17H,11-16,18H2,1-3H3. The topological polar surface area (TPSA) is 36.0 Å². The van der Waals surface area contributed by atoms with Gasteiger partial charge in [0.25, 0.3) is 5.91 Å². The van der Waals surface area contributed by atoms with Gasteiger partial charge in [0, 0.05) is 51.9 Å². The van der Waals surface area contributed by atoms with Crippen LogP contribution in [0.25, 0.3) is 0 Å². The summed E-state index contributed by atoms with van der Waals surface area (Å²) in [6.07, 6.45) is 0.827. The highest BCUT2D eigenvalue weighted by atomic mass is 16.5. The number of nitrogens with zero attached hydrogens (tertiary/aromatic N) is 3. The molecule has 0 aromatic heterocycles. The van der Waals surface area contributed by atoms with Gasteiger partial charge < -0.3 is 14.5 Å². The smallest absolute Gasteiger partial charge is 0.253 e. The lowest BCUT2D eigenvalue weighted by molar-refractivity contribution is 0.0796. The van der Waals surface area contributed by atoms with Crippen LogP contribution in [0, 0.1) is 0 Å². The van der Waals surface area contributed by atoms with Crippen LogP contribution in [0.5, 0.6) is 5.75 Å². The van der Waals surface area contributed by atoms with Crippen molar-refractivity contribution in [3.8, 4) is 5.75 Å². The lowest BCUT2D eigenvalue weighted by Crippen LogP contribution is -2.43. The van der Waals surface area contributed by atoms with E-state index in [2.05, 4.69) is 22.9 Å². The maximum Gasteiger partial charge on any atom is 0.253 e. The van der Waals surface area contributed by atoms with Crippen LogP contribution in [0.1, 0.15) is 21.5 Å². The van der Waals surface area contributed by atoms with Crippen molar-refractivity contribution in [2.75, 3.05) is 53.9 Å². The molecule has 1 saturated heterocycles. The van der Waals surface area contributed by atoms with E-state index in [9.17, 15) is 4.79 Å². The van der Waals surface area contributed by atoms with Crippen LogP contribution in [0.2, 0.25) is 0 Å². The van der Waals surface area contributed by atoms with Crippen molar-refractivity contribution in [1.82, 2.24) is 14.7 Å². The van der Waals surface area contributed by atoms with Crippen molar-refractivity contribution >= 4 is 5.91 Å². The molecule has 5 heteroatoms.